The number of aromatic nitrogens is 1. The zero-order valence-corrected chi connectivity index (χ0v) is 17.6. The second kappa shape index (κ2) is 9.44. The standard InChI is InChI=1S/C20H20N4O3S2/c1-3-6-17(25)23-20-22-14-10-9-12(11-16(14)29-20)21-19(28)24-18(26)13-7-4-5-8-15(13)27-2/h4-5,7-11H,3,6H2,1-2H3,(H,22,23,25)(H2,21,24,26,28). The molecule has 0 aliphatic rings. The quantitative estimate of drug-likeness (QED) is 0.511. The van der Waals surface area contributed by atoms with E-state index in [0.717, 1.165) is 16.6 Å². The molecule has 0 bridgehead atoms. The van der Waals surface area contributed by atoms with Crippen LogP contribution in [0.15, 0.2) is 42.5 Å². The minimum Gasteiger partial charge on any atom is -0.496 e. The number of ether oxygens (including phenoxy) is 1. The fraction of sp³-hybridized carbons (Fsp3) is 0.200. The first-order valence-corrected chi connectivity index (χ1v) is 10.2. The summed E-state index contributed by atoms with van der Waals surface area (Å²) >= 11 is 6.63. The number of carbonyl (C=O) groups excluding carboxylic acids is 2. The van der Waals surface area contributed by atoms with Gasteiger partial charge < -0.3 is 15.4 Å². The molecular weight excluding hydrogens is 408 g/mol. The maximum absolute atomic E-state index is 12.4. The van der Waals surface area contributed by atoms with Crippen molar-refractivity contribution in [2.45, 2.75) is 19.8 Å². The number of para-hydroxylation sites is 1. The van der Waals surface area contributed by atoms with Gasteiger partial charge in [0.25, 0.3) is 5.91 Å². The fourth-order valence-electron chi connectivity index (χ4n) is 2.63. The maximum Gasteiger partial charge on any atom is 0.261 e. The van der Waals surface area contributed by atoms with Crippen LogP contribution in [0.1, 0.15) is 30.1 Å². The van der Waals surface area contributed by atoms with E-state index in [1.165, 1.54) is 18.4 Å². The molecule has 0 radical (unpaired) electrons. The predicted octanol–water partition coefficient (Wildman–Crippen LogP) is 4.17. The van der Waals surface area contributed by atoms with E-state index in [0.29, 0.717) is 28.6 Å². The first-order valence-electron chi connectivity index (χ1n) is 8.96. The fourth-order valence-corrected chi connectivity index (χ4v) is 3.76. The van der Waals surface area contributed by atoms with Gasteiger partial charge in [0.1, 0.15) is 5.75 Å². The molecule has 2 amide bonds. The Balaban J connectivity index is 1.67. The lowest BCUT2D eigenvalue weighted by Crippen LogP contribution is -2.34. The number of hydrogen-bond acceptors (Lipinski definition) is 6. The van der Waals surface area contributed by atoms with Crippen LogP contribution in [0.5, 0.6) is 5.75 Å². The van der Waals surface area contributed by atoms with Crippen LogP contribution in [0.25, 0.3) is 10.2 Å². The number of nitrogens with one attached hydrogen (secondary N) is 3. The van der Waals surface area contributed by atoms with Gasteiger partial charge in [0.2, 0.25) is 5.91 Å². The smallest absolute Gasteiger partial charge is 0.261 e. The summed E-state index contributed by atoms with van der Waals surface area (Å²) in [6, 6.07) is 12.4. The van der Waals surface area contributed by atoms with Crippen LogP contribution >= 0.6 is 23.6 Å². The summed E-state index contributed by atoms with van der Waals surface area (Å²) in [4.78, 5) is 28.6. The van der Waals surface area contributed by atoms with Crippen LogP contribution in [0.2, 0.25) is 0 Å². The molecule has 1 aromatic heterocycles. The van der Waals surface area contributed by atoms with E-state index >= 15 is 0 Å². The maximum atomic E-state index is 12.4. The highest BCUT2D eigenvalue weighted by Gasteiger charge is 2.13. The van der Waals surface area contributed by atoms with E-state index in [2.05, 4.69) is 20.9 Å². The molecule has 9 heteroatoms. The zero-order chi connectivity index (χ0) is 20.8. The topological polar surface area (TPSA) is 92.4 Å². The molecule has 150 valence electrons. The van der Waals surface area contributed by atoms with Crippen molar-refractivity contribution in [3.8, 4) is 5.75 Å². The van der Waals surface area contributed by atoms with Crippen LogP contribution < -0.4 is 20.7 Å². The van der Waals surface area contributed by atoms with Gasteiger partial charge in [0.05, 0.1) is 22.9 Å². The first kappa shape index (κ1) is 20.7. The van der Waals surface area contributed by atoms with Gasteiger partial charge in [-0.25, -0.2) is 4.98 Å². The molecule has 3 N–H and O–H groups in total. The Morgan fingerprint density at radius 2 is 1.97 bits per heavy atom. The first-order chi connectivity index (χ1) is 14.0. The van der Waals surface area contributed by atoms with Crippen molar-refractivity contribution in [2.75, 3.05) is 17.7 Å². The van der Waals surface area contributed by atoms with E-state index in [1.54, 1.807) is 30.3 Å². The van der Waals surface area contributed by atoms with Crippen LogP contribution in [0, 0.1) is 0 Å². The number of rotatable bonds is 6. The molecule has 0 saturated heterocycles. The van der Waals surface area contributed by atoms with Crippen molar-refractivity contribution < 1.29 is 14.3 Å². The van der Waals surface area contributed by atoms with Crippen molar-refractivity contribution in [1.82, 2.24) is 10.3 Å². The highest BCUT2D eigenvalue weighted by molar-refractivity contribution is 7.80. The normalized spacial score (nSPS) is 10.4. The summed E-state index contributed by atoms with van der Waals surface area (Å²) in [5.74, 6) is 0.0569. The van der Waals surface area contributed by atoms with Gasteiger partial charge in [-0.15, -0.1) is 0 Å². The third kappa shape index (κ3) is 5.27. The molecule has 1 heterocycles. The second-order valence-corrected chi connectivity index (χ2v) is 7.55. The van der Waals surface area contributed by atoms with Gasteiger partial charge in [0, 0.05) is 12.1 Å². The van der Waals surface area contributed by atoms with Crippen LogP contribution in [-0.2, 0) is 4.79 Å². The van der Waals surface area contributed by atoms with Crippen molar-refractivity contribution in [3.63, 3.8) is 0 Å². The Morgan fingerprint density at radius 3 is 2.72 bits per heavy atom. The number of hydrogen-bond donors (Lipinski definition) is 3. The van der Waals surface area contributed by atoms with E-state index in [1.807, 2.05) is 19.1 Å². The minimum absolute atomic E-state index is 0.0508. The lowest BCUT2D eigenvalue weighted by Gasteiger charge is -2.11. The summed E-state index contributed by atoms with van der Waals surface area (Å²) in [5.41, 5.74) is 1.87. The molecule has 0 saturated carbocycles. The number of anilines is 2. The lowest BCUT2D eigenvalue weighted by molar-refractivity contribution is -0.116. The Bertz CT molecular complexity index is 1060. The molecule has 0 fully saturated rings. The van der Waals surface area contributed by atoms with Gasteiger partial charge >= 0.3 is 0 Å². The van der Waals surface area contributed by atoms with Crippen molar-refractivity contribution >= 4 is 61.5 Å². The highest BCUT2D eigenvalue weighted by Crippen LogP contribution is 2.28. The summed E-state index contributed by atoms with van der Waals surface area (Å²) in [5, 5.41) is 9.16. The Hall–Kier alpha value is -3.04. The van der Waals surface area contributed by atoms with Gasteiger partial charge in [-0.05, 0) is 49.0 Å². The number of fused-ring (bicyclic) bond motifs is 1. The Kier molecular flexibility index (Phi) is 6.73. The van der Waals surface area contributed by atoms with Crippen LogP contribution in [-0.4, -0.2) is 29.0 Å². The number of thiazole rings is 1. The molecule has 0 spiro atoms. The summed E-state index contributed by atoms with van der Waals surface area (Å²) < 4.78 is 6.09. The average molecular weight is 429 g/mol. The van der Waals surface area contributed by atoms with E-state index in [9.17, 15) is 9.59 Å². The van der Waals surface area contributed by atoms with Crippen molar-refractivity contribution in [2.24, 2.45) is 0 Å². The minimum atomic E-state index is -0.361. The Labute approximate surface area is 177 Å². The summed E-state index contributed by atoms with van der Waals surface area (Å²) in [7, 11) is 1.51. The average Bonchev–Trinajstić information content (AvgIpc) is 3.09. The number of thiocarbonyl (C=S) groups is 1. The largest absolute Gasteiger partial charge is 0.496 e. The summed E-state index contributed by atoms with van der Waals surface area (Å²) in [6.45, 7) is 1.95. The molecule has 29 heavy (non-hydrogen) atoms. The SMILES string of the molecule is CCCC(=O)Nc1nc2ccc(NC(=S)NC(=O)c3ccccc3OC)cc2s1. The molecule has 3 rings (SSSR count). The predicted molar refractivity (Wildman–Crippen MR) is 120 cm³/mol. The third-order valence-electron chi connectivity index (χ3n) is 3.95. The lowest BCUT2D eigenvalue weighted by atomic mass is 10.2. The van der Waals surface area contributed by atoms with Gasteiger partial charge in [-0.2, -0.15) is 0 Å². The molecule has 0 aliphatic heterocycles. The van der Waals surface area contributed by atoms with Crippen LogP contribution in [0.3, 0.4) is 0 Å². The highest BCUT2D eigenvalue weighted by atomic mass is 32.1. The number of nitrogens with zero attached hydrogens (tertiary/aromatic N) is 1. The number of carbonyl (C=O) groups is 2. The Morgan fingerprint density at radius 1 is 1.17 bits per heavy atom. The van der Waals surface area contributed by atoms with E-state index in [4.69, 9.17) is 17.0 Å². The zero-order valence-electron chi connectivity index (χ0n) is 15.9. The second-order valence-electron chi connectivity index (χ2n) is 6.11. The van der Waals surface area contributed by atoms with Gasteiger partial charge in [-0.1, -0.05) is 30.4 Å². The molecular formula is C20H20N4O3S2. The summed E-state index contributed by atoms with van der Waals surface area (Å²) in [6.07, 6.45) is 1.24. The van der Waals surface area contributed by atoms with E-state index in [-0.39, 0.29) is 16.9 Å². The van der Waals surface area contributed by atoms with Crippen LogP contribution in [0.4, 0.5) is 10.8 Å². The van der Waals surface area contributed by atoms with Gasteiger partial charge in [-0.3, -0.25) is 14.9 Å². The monoisotopic (exact) mass is 428 g/mol. The number of amides is 2. The van der Waals surface area contributed by atoms with Gasteiger partial charge in [0.15, 0.2) is 10.2 Å². The molecule has 3 aromatic rings. The third-order valence-corrected chi connectivity index (χ3v) is 5.09. The number of methoxy groups -OCH3 is 1. The molecule has 0 unspecified atom stereocenters. The number of benzene rings is 2. The molecule has 0 aliphatic carbocycles. The van der Waals surface area contributed by atoms with Crippen molar-refractivity contribution in [1.29, 1.82) is 0 Å². The van der Waals surface area contributed by atoms with E-state index < -0.39 is 0 Å². The van der Waals surface area contributed by atoms with Crippen molar-refractivity contribution in [3.05, 3.63) is 48.0 Å². The molecule has 7 nitrogen and oxygen atoms in total. The molecule has 0 atom stereocenters. The molecule has 2 aromatic carbocycles.